The van der Waals surface area contributed by atoms with Crippen molar-refractivity contribution in [2.75, 3.05) is 13.1 Å². The van der Waals surface area contributed by atoms with Crippen molar-refractivity contribution in [1.29, 1.82) is 0 Å². The molecule has 0 N–H and O–H groups in total. The predicted molar refractivity (Wildman–Crippen MR) is 58.8 cm³/mol. The van der Waals surface area contributed by atoms with Crippen molar-refractivity contribution in [2.24, 2.45) is 0 Å². The molecule has 0 spiro atoms. The Kier molecular flexibility index (Phi) is 3.23. The van der Waals surface area contributed by atoms with Gasteiger partial charge in [0.1, 0.15) is 0 Å². The molecule has 16 heavy (non-hydrogen) atoms. The summed E-state index contributed by atoms with van der Waals surface area (Å²) in [7, 11) is 0. The van der Waals surface area contributed by atoms with Crippen molar-refractivity contribution < 1.29 is 13.6 Å². The van der Waals surface area contributed by atoms with Crippen molar-refractivity contribution in [2.45, 2.75) is 25.2 Å². The van der Waals surface area contributed by atoms with E-state index in [2.05, 4.69) is 0 Å². The summed E-state index contributed by atoms with van der Waals surface area (Å²) >= 11 is 1.54. The number of hydrogen-bond acceptors (Lipinski definition) is 2. The average molecular weight is 245 g/mol. The first kappa shape index (κ1) is 11.5. The molecular weight excluding hydrogens is 232 g/mol. The van der Waals surface area contributed by atoms with E-state index in [0.717, 1.165) is 5.56 Å². The van der Waals surface area contributed by atoms with E-state index < -0.39 is 5.92 Å². The smallest absolute Gasteiger partial charge is 0.251 e. The largest absolute Gasteiger partial charge is 0.342 e. The van der Waals surface area contributed by atoms with Crippen LogP contribution in [-0.2, 0) is 11.2 Å². The lowest BCUT2D eigenvalue weighted by Gasteiger charge is -2.31. The monoisotopic (exact) mass is 245 g/mol. The maximum absolute atomic E-state index is 12.9. The Hall–Kier alpha value is -0.970. The molecular formula is C11H13F2NOS. The van der Waals surface area contributed by atoms with Gasteiger partial charge in [-0.05, 0) is 22.4 Å². The maximum Gasteiger partial charge on any atom is 0.251 e. The van der Waals surface area contributed by atoms with Gasteiger partial charge >= 0.3 is 0 Å². The summed E-state index contributed by atoms with van der Waals surface area (Å²) in [6.07, 6.45) is -0.0835. The molecule has 2 rings (SSSR count). The highest BCUT2D eigenvalue weighted by molar-refractivity contribution is 7.07. The molecule has 1 aromatic heterocycles. The van der Waals surface area contributed by atoms with Gasteiger partial charge < -0.3 is 4.90 Å². The topological polar surface area (TPSA) is 20.3 Å². The second kappa shape index (κ2) is 4.49. The predicted octanol–water partition coefficient (Wildman–Crippen LogP) is 2.55. The Morgan fingerprint density at radius 2 is 2.12 bits per heavy atom. The first-order chi connectivity index (χ1) is 7.57. The number of piperidine rings is 1. The third-order valence-corrected chi connectivity index (χ3v) is 3.52. The van der Waals surface area contributed by atoms with Crippen LogP contribution in [0.25, 0.3) is 0 Å². The zero-order chi connectivity index (χ0) is 11.6. The van der Waals surface area contributed by atoms with Crippen LogP contribution in [0.3, 0.4) is 0 Å². The molecule has 1 aromatic rings. The van der Waals surface area contributed by atoms with Gasteiger partial charge in [0.15, 0.2) is 0 Å². The van der Waals surface area contributed by atoms with E-state index in [1.165, 1.54) is 16.2 Å². The average Bonchev–Trinajstić information content (AvgIpc) is 2.70. The van der Waals surface area contributed by atoms with Crippen molar-refractivity contribution in [3.63, 3.8) is 0 Å². The van der Waals surface area contributed by atoms with Crippen LogP contribution < -0.4 is 0 Å². The highest BCUT2D eigenvalue weighted by atomic mass is 32.1. The first-order valence-corrected chi connectivity index (χ1v) is 6.18. The number of likely N-dealkylation sites (tertiary alicyclic amines) is 1. The Morgan fingerprint density at radius 3 is 2.69 bits per heavy atom. The first-order valence-electron chi connectivity index (χ1n) is 5.23. The Bertz CT molecular complexity index is 354. The second-order valence-electron chi connectivity index (χ2n) is 4.05. The number of amides is 1. The summed E-state index contributed by atoms with van der Waals surface area (Å²) in [6.45, 7) is 0.353. The highest BCUT2D eigenvalue weighted by Crippen LogP contribution is 2.27. The zero-order valence-corrected chi connectivity index (χ0v) is 9.60. The summed E-state index contributed by atoms with van der Waals surface area (Å²) in [5, 5.41) is 3.82. The van der Waals surface area contributed by atoms with E-state index in [9.17, 15) is 13.6 Å². The summed E-state index contributed by atoms with van der Waals surface area (Å²) in [5.41, 5.74) is 0.965. The van der Waals surface area contributed by atoms with E-state index in [1.54, 1.807) is 0 Å². The summed E-state index contributed by atoms with van der Waals surface area (Å²) in [5.74, 6) is -2.63. The van der Waals surface area contributed by atoms with Gasteiger partial charge in [-0.1, -0.05) is 0 Å². The molecule has 0 radical (unpaired) electrons. The fraction of sp³-hybridized carbons (Fsp3) is 0.545. The van der Waals surface area contributed by atoms with Gasteiger partial charge in [0.05, 0.1) is 6.42 Å². The van der Waals surface area contributed by atoms with E-state index in [-0.39, 0.29) is 31.8 Å². The molecule has 0 atom stereocenters. The molecule has 5 heteroatoms. The van der Waals surface area contributed by atoms with Gasteiger partial charge in [-0.3, -0.25) is 4.79 Å². The van der Waals surface area contributed by atoms with Crippen molar-refractivity contribution in [1.82, 2.24) is 4.90 Å². The highest BCUT2D eigenvalue weighted by Gasteiger charge is 2.35. The van der Waals surface area contributed by atoms with Crippen LogP contribution in [0.4, 0.5) is 8.78 Å². The number of carbonyl (C=O) groups excluding carboxylic acids is 1. The van der Waals surface area contributed by atoms with Crippen LogP contribution in [0.5, 0.6) is 0 Å². The van der Waals surface area contributed by atoms with E-state index >= 15 is 0 Å². The molecule has 0 saturated carbocycles. The van der Waals surface area contributed by atoms with Gasteiger partial charge in [0.2, 0.25) is 5.91 Å². The van der Waals surface area contributed by atoms with Gasteiger partial charge in [-0.15, -0.1) is 0 Å². The Morgan fingerprint density at radius 1 is 1.44 bits per heavy atom. The lowest BCUT2D eigenvalue weighted by molar-refractivity contribution is -0.136. The summed E-state index contributed by atoms with van der Waals surface area (Å²) < 4.78 is 25.8. The number of halogens is 2. The third kappa shape index (κ3) is 2.78. The molecule has 1 aliphatic heterocycles. The number of rotatable bonds is 2. The molecule has 0 aromatic carbocycles. The Labute approximate surface area is 96.9 Å². The second-order valence-corrected chi connectivity index (χ2v) is 4.83. The normalized spacial score (nSPS) is 19.8. The van der Waals surface area contributed by atoms with Crippen molar-refractivity contribution in [3.8, 4) is 0 Å². The van der Waals surface area contributed by atoms with Crippen LogP contribution in [0.1, 0.15) is 18.4 Å². The molecule has 0 bridgehead atoms. The molecule has 0 aliphatic carbocycles. The van der Waals surface area contributed by atoms with E-state index in [4.69, 9.17) is 0 Å². The molecule has 1 amide bonds. The summed E-state index contributed by atoms with van der Waals surface area (Å²) in [4.78, 5) is 13.3. The zero-order valence-electron chi connectivity index (χ0n) is 8.79. The van der Waals surface area contributed by atoms with Crippen LogP contribution >= 0.6 is 11.3 Å². The molecule has 88 valence electrons. The van der Waals surface area contributed by atoms with Gasteiger partial charge in [-0.2, -0.15) is 11.3 Å². The van der Waals surface area contributed by atoms with E-state index in [1.807, 2.05) is 16.8 Å². The van der Waals surface area contributed by atoms with Gasteiger partial charge in [-0.25, -0.2) is 8.78 Å². The van der Waals surface area contributed by atoms with Gasteiger partial charge in [0.25, 0.3) is 5.92 Å². The molecule has 2 nitrogen and oxygen atoms in total. The summed E-state index contributed by atoms with van der Waals surface area (Å²) in [6, 6.07) is 1.89. The molecule has 1 fully saturated rings. The van der Waals surface area contributed by atoms with Crippen molar-refractivity contribution in [3.05, 3.63) is 22.4 Å². The van der Waals surface area contributed by atoms with Gasteiger partial charge in [0, 0.05) is 25.9 Å². The fourth-order valence-electron chi connectivity index (χ4n) is 1.76. The molecule has 1 saturated heterocycles. The number of carbonyl (C=O) groups is 1. The van der Waals surface area contributed by atoms with Crippen LogP contribution in [0.15, 0.2) is 16.8 Å². The minimum Gasteiger partial charge on any atom is -0.342 e. The van der Waals surface area contributed by atoms with Crippen LogP contribution in [-0.4, -0.2) is 29.8 Å². The Balaban J connectivity index is 1.87. The number of alkyl halides is 2. The number of thiophene rings is 1. The van der Waals surface area contributed by atoms with E-state index in [0.29, 0.717) is 6.42 Å². The minimum absolute atomic E-state index is 0.0473. The van der Waals surface area contributed by atoms with Crippen molar-refractivity contribution >= 4 is 17.2 Å². The quantitative estimate of drug-likeness (QED) is 0.784. The third-order valence-electron chi connectivity index (χ3n) is 2.78. The van der Waals surface area contributed by atoms with Crippen LogP contribution in [0.2, 0.25) is 0 Å². The molecule has 2 heterocycles. The maximum atomic E-state index is 12.9. The van der Waals surface area contributed by atoms with Crippen LogP contribution in [0, 0.1) is 0 Å². The lowest BCUT2D eigenvalue weighted by atomic mass is 10.1. The standard InChI is InChI=1S/C11H13F2NOS/c12-11(13)2-4-14(5-3-11)10(15)7-9-1-6-16-8-9/h1,6,8H,2-5,7H2. The fourth-order valence-corrected chi connectivity index (χ4v) is 2.43. The molecule has 1 aliphatic rings. The minimum atomic E-state index is -2.58. The number of hydrogen-bond donors (Lipinski definition) is 0. The molecule has 0 unspecified atom stereocenters. The SMILES string of the molecule is O=C(Cc1ccsc1)N1CCC(F)(F)CC1. The lowest BCUT2D eigenvalue weighted by Crippen LogP contribution is -2.43. The number of nitrogens with zero attached hydrogens (tertiary/aromatic N) is 1.